The Morgan fingerprint density at radius 1 is 1.06 bits per heavy atom. The Bertz CT molecular complexity index is 1260. The van der Waals surface area contributed by atoms with Crippen LogP contribution in [-0.2, 0) is 12.8 Å². The predicted octanol–water partition coefficient (Wildman–Crippen LogP) is 3.13. The fraction of sp³-hybridized carbons (Fsp3) is 0.348. The van der Waals surface area contributed by atoms with Crippen molar-refractivity contribution in [1.29, 1.82) is 0 Å². The second-order valence-corrected chi connectivity index (χ2v) is 9.24. The molecule has 2 atom stereocenters. The van der Waals surface area contributed by atoms with Crippen LogP contribution in [0.15, 0.2) is 58.7 Å². The number of rotatable bonds is 7. The molecule has 0 spiro atoms. The molecule has 4 aromatic rings. The van der Waals surface area contributed by atoms with E-state index >= 15 is 0 Å². The molecule has 9 nitrogen and oxygen atoms in total. The van der Waals surface area contributed by atoms with Crippen molar-refractivity contribution in [3.05, 3.63) is 70.9 Å². The lowest BCUT2D eigenvalue weighted by atomic mass is 9.97. The van der Waals surface area contributed by atoms with Gasteiger partial charge in [0.15, 0.2) is 0 Å². The van der Waals surface area contributed by atoms with Crippen molar-refractivity contribution in [2.75, 3.05) is 6.26 Å². The molecule has 0 unspecified atom stereocenters. The van der Waals surface area contributed by atoms with E-state index in [4.69, 9.17) is 0 Å². The summed E-state index contributed by atoms with van der Waals surface area (Å²) in [7, 11) is 0. The second-order valence-electron chi connectivity index (χ2n) is 8.36. The third-order valence-corrected chi connectivity index (χ3v) is 6.83. The summed E-state index contributed by atoms with van der Waals surface area (Å²) in [6, 6.07) is 7.25. The van der Waals surface area contributed by atoms with Gasteiger partial charge in [0.2, 0.25) is 5.82 Å². The molecule has 0 saturated heterocycles. The van der Waals surface area contributed by atoms with Crippen LogP contribution in [0.1, 0.15) is 30.8 Å². The average Bonchev–Trinajstić information content (AvgIpc) is 3.53. The van der Waals surface area contributed by atoms with Gasteiger partial charge in [-0.3, -0.25) is 14.3 Å². The first-order valence-electron chi connectivity index (χ1n) is 10.9. The van der Waals surface area contributed by atoms with E-state index in [1.807, 2.05) is 30.8 Å². The van der Waals surface area contributed by atoms with Gasteiger partial charge in [0.25, 0.3) is 5.56 Å². The minimum atomic E-state index is -0.168. The van der Waals surface area contributed by atoms with E-state index in [0.29, 0.717) is 23.2 Å². The Labute approximate surface area is 195 Å². The fourth-order valence-electron chi connectivity index (χ4n) is 4.45. The summed E-state index contributed by atoms with van der Waals surface area (Å²) in [4.78, 5) is 27.3. The number of nitrogens with zero attached hydrogens (tertiary/aromatic N) is 7. The van der Waals surface area contributed by atoms with E-state index in [-0.39, 0.29) is 5.56 Å². The van der Waals surface area contributed by atoms with Crippen LogP contribution in [0, 0.1) is 11.8 Å². The zero-order valence-corrected chi connectivity index (χ0v) is 19.1. The van der Waals surface area contributed by atoms with Crippen molar-refractivity contribution >= 4 is 11.8 Å². The van der Waals surface area contributed by atoms with Crippen molar-refractivity contribution in [1.82, 2.24) is 40.1 Å². The maximum atomic E-state index is 12.6. The number of tetrazole rings is 1. The highest BCUT2D eigenvalue weighted by molar-refractivity contribution is 7.98. The van der Waals surface area contributed by atoms with E-state index in [2.05, 4.69) is 35.6 Å². The summed E-state index contributed by atoms with van der Waals surface area (Å²) in [5, 5.41) is 13.7. The third-order valence-electron chi connectivity index (χ3n) is 6.15. The van der Waals surface area contributed by atoms with E-state index in [1.54, 1.807) is 34.8 Å². The molecule has 1 fully saturated rings. The van der Waals surface area contributed by atoms with E-state index < -0.39 is 0 Å². The molecule has 0 aromatic carbocycles. The van der Waals surface area contributed by atoms with Gasteiger partial charge in [-0.1, -0.05) is 0 Å². The Kier molecular flexibility index (Phi) is 6.25. The molecule has 0 bridgehead atoms. The first-order valence-corrected chi connectivity index (χ1v) is 12.2. The molecule has 0 aliphatic heterocycles. The quantitative estimate of drug-likeness (QED) is 0.418. The number of aromatic amines is 1. The maximum absolute atomic E-state index is 12.6. The molecule has 1 aliphatic rings. The van der Waals surface area contributed by atoms with Crippen LogP contribution in [-0.4, -0.2) is 46.4 Å². The van der Waals surface area contributed by atoms with Crippen LogP contribution in [0.5, 0.6) is 0 Å². The minimum absolute atomic E-state index is 0.168. The number of pyridine rings is 2. The van der Waals surface area contributed by atoms with Crippen molar-refractivity contribution in [3.8, 4) is 17.1 Å². The number of H-pyrrole nitrogens is 1. The van der Waals surface area contributed by atoms with Crippen molar-refractivity contribution in [3.63, 3.8) is 0 Å². The molecule has 0 amide bonds. The third kappa shape index (κ3) is 5.00. The molecule has 1 saturated carbocycles. The van der Waals surface area contributed by atoms with E-state index in [0.717, 1.165) is 34.9 Å². The molecule has 4 heterocycles. The van der Waals surface area contributed by atoms with Crippen LogP contribution >= 0.6 is 11.8 Å². The number of aromatic nitrogens is 8. The molecule has 1 aliphatic carbocycles. The van der Waals surface area contributed by atoms with Crippen LogP contribution < -0.4 is 5.56 Å². The van der Waals surface area contributed by atoms with Gasteiger partial charge in [-0.05, 0) is 67.2 Å². The summed E-state index contributed by atoms with van der Waals surface area (Å²) in [6.45, 7) is 0. The SMILES string of the molecule is CSc1cnc(C[C@H]2CC[C@H](Cc3ccc(-n4ccc(-c5nn[nH]n5)cc4=O)cn3)C2)nc1. The van der Waals surface area contributed by atoms with Crippen molar-refractivity contribution in [2.45, 2.75) is 37.0 Å². The lowest BCUT2D eigenvalue weighted by Crippen LogP contribution is -2.17. The first kappa shape index (κ1) is 21.4. The molecular formula is C23H24N8OS. The average molecular weight is 461 g/mol. The zero-order valence-electron chi connectivity index (χ0n) is 18.3. The molecule has 1 N–H and O–H groups in total. The monoisotopic (exact) mass is 460 g/mol. The standard InChI is InChI=1S/C23H24N8OS/c1-33-20-13-25-21(26-14-20)10-16-3-2-15(8-16)9-18-4-5-19(12-24-18)31-7-6-17(11-22(31)32)23-27-29-30-28-23/h4-7,11-16H,2-3,8-10H2,1H3,(H,27,28,29,30)/t15-,16-/m0/s1. The summed E-state index contributed by atoms with van der Waals surface area (Å²) in [5.41, 5.74) is 2.24. The molecule has 33 heavy (non-hydrogen) atoms. The van der Waals surface area contributed by atoms with Crippen LogP contribution in [0.2, 0.25) is 0 Å². The summed E-state index contributed by atoms with van der Waals surface area (Å²) in [5.74, 6) is 2.59. The Balaban J connectivity index is 1.19. The highest BCUT2D eigenvalue weighted by Crippen LogP contribution is 2.34. The van der Waals surface area contributed by atoms with E-state index in [1.165, 1.54) is 25.3 Å². The lowest BCUT2D eigenvalue weighted by molar-refractivity contribution is 0.476. The fourth-order valence-corrected chi connectivity index (χ4v) is 4.77. The summed E-state index contributed by atoms with van der Waals surface area (Å²) < 4.78 is 1.56. The highest BCUT2D eigenvalue weighted by atomic mass is 32.2. The smallest absolute Gasteiger partial charge is 0.255 e. The zero-order chi connectivity index (χ0) is 22.6. The van der Waals surface area contributed by atoms with Crippen LogP contribution in [0.25, 0.3) is 17.1 Å². The molecule has 0 radical (unpaired) electrons. The van der Waals surface area contributed by atoms with Crippen molar-refractivity contribution in [2.24, 2.45) is 11.8 Å². The molecule has 4 aromatic heterocycles. The molecule has 10 heteroatoms. The van der Waals surface area contributed by atoms with Gasteiger partial charge in [0, 0.05) is 47.2 Å². The number of hydrogen-bond donors (Lipinski definition) is 1. The van der Waals surface area contributed by atoms with Gasteiger partial charge in [-0.25, -0.2) is 9.97 Å². The molecular weight excluding hydrogens is 436 g/mol. The summed E-state index contributed by atoms with van der Waals surface area (Å²) >= 11 is 1.66. The summed E-state index contributed by atoms with van der Waals surface area (Å²) in [6.07, 6.45) is 14.8. The van der Waals surface area contributed by atoms with Crippen LogP contribution in [0.3, 0.4) is 0 Å². The highest BCUT2D eigenvalue weighted by Gasteiger charge is 2.26. The second kappa shape index (κ2) is 9.62. The van der Waals surface area contributed by atoms with Gasteiger partial charge in [0.1, 0.15) is 5.82 Å². The van der Waals surface area contributed by atoms with Gasteiger partial charge in [0.05, 0.1) is 11.9 Å². The Morgan fingerprint density at radius 2 is 1.88 bits per heavy atom. The first-order chi connectivity index (χ1) is 16.2. The Hall–Kier alpha value is -3.40. The topological polar surface area (TPSA) is 115 Å². The maximum Gasteiger partial charge on any atom is 0.255 e. The molecule has 168 valence electrons. The van der Waals surface area contributed by atoms with Gasteiger partial charge >= 0.3 is 0 Å². The van der Waals surface area contributed by atoms with Gasteiger partial charge in [-0.2, -0.15) is 5.21 Å². The van der Waals surface area contributed by atoms with E-state index in [9.17, 15) is 4.79 Å². The Morgan fingerprint density at radius 3 is 2.55 bits per heavy atom. The normalized spacial score (nSPS) is 18.0. The molecule has 5 rings (SSSR count). The van der Waals surface area contributed by atoms with Crippen LogP contribution in [0.4, 0.5) is 0 Å². The van der Waals surface area contributed by atoms with Gasteiger partial charge < -0.3 is 0 Å². The lowest BCUT2D eigenvalue weighted by Gasteiger charge is -2.12. The number of hydrogen-bond acceptors (Lipinski definition) is 8. The largest absolute Gasteiger partial charge is 0.283 e. The number of thioether (sulfide) groups is 1. The minimum Gasteiger partial charge on any atom is -0.283 e. The van der Waals surface area contributed by atoms with Gasteiger partial charge in [-0.15, -0.1) is 22.0 Å². The van der Waals surface area contributed by atoms with Crippen molar-refractivity contribution < 1.29 is 0 Å². The number of nitrogens with one attached hydrogen (secondary N) is 1. The predicted molar refractivity (Wildman–Crippen MR) is 125 cm³/mol.